The van der Waals surface area contributed by atoms with Crippen molar-refractivity contribution < 1.29 is 9.18 Å². The van der Waals surface area contributed by atoms with Gasteiger partial charge in [-0.2, -0.15) is 0 Å². The Morgan fingerprint density at radius 3 is 2.37 bits per heavy atom. The summed E-state index contributed by atoms with van der Waals surface area (Å²) in [6.45, 7) is 4.34. The Bertz CT molecular complexity index is 869. The highest BCUT2D eigenvalue weighted by atomic mass is 19.1. The van der Waals surface area contributed by atoms with Crippen molar-refractivity contribution in [1.29, 1.82) is 0 Å². The molecule has 0 spiro atoms. The van der Waals surface area contributed by atoms with E-state index >= 15 is 0 Å². The lowest BCUT2D eigenvalue weighted by Gasteiger charge is -2.40. The number of carbonyl (C=O) groups excluding carboxylic acids is 1. The average molecular weight is 411 g/mol. The van der Waals surface area contributed by atoms with Crippen molar-refractivity contribution in [2.75, 3.05) is 39.0 Å². The van der Waals surface area contributed by atoms with Crippen LogP contribution in [-0.2, 0) is 11.2 Å². The molecule has 2 N–H and O–H groups in total. The summed E-state index contributed by atoms with van der Waals surface area (Å²) in [6, 6.07) is 10.5. The van der Waals surface area contributed by atoms with E-state index in [1.165, 1.54) is 38.1 Å². The number of hydrogen-bond donors (Lipinski definition) is 1. The first kappa shape index (κ1) is 20.9. The van der Waals surface area contributed by atoms with Crippen LogP contribution in [0, 0.1) is 11.7 Å². The highest BCUT2D eigenvalue weighted by molar-refractivity contribution is 5.84. The van der Waals surface area contributed by atoms with Crippen LogP contribution in [0.25, 0.3) is 11.3 Å². The molecule has 0 unspecified atom stereocenters. The Morgan fingerprint density at radius 2 is 1.70 bits per heavy atom. The van der Waals surface area contributed by atoms with E-state index in [0.717, 1.165) is 31.5 Å². The molecule has 1 aromatic heterocycles. The van der Waals surface area contributed by atoms with Crippen molar-refractivity contribution in [1.82, 2.24) is 14.8 Å². The quantitative estimate of drug-likeness (QED) is 0.819. The predicted molar refractivity (Wildman–Crippen MR) is 118 cm³/mol. The summed E-state index contributed by atoms with van der Waals surface area (Å²) in [5.41, 5.74) is 8.81. The Morgan fingerprint density at radius 1 is 1.03 bits per heavy atom. The molecule has 2 aromatic rings. The van der Waals surface area contributed by atoms with Crippen LogP contribution in [-0.4, -0.2) is 59.8 Å². The molecule has 2 saturated heterocycles. The topological polar surface area (TPSA) is 62.5 Å². The van der Waals surface area contributed by atoms with E-state index in [1.807, 2.05) is 6.07 Å². The molecule has 160 valence electrons. The fourth-order valence-corrected chi connectivity index (χ4v) is 4.69. The molecule has 0 atom stereocenters. The number of benzene rings is 1. The molecule has 0 amide bonds. The number of carbonyl (C=O) groups is 1. The highest BCUT2D eigenvalue weighted by Crippen LogP contribution is 2.26. The van der Waals surface area contributed by atoms with E-state index in [4.69, 9.17) is 5.73 Å². The van der Waals surface area contributed by atoms with Crippen molar-refractivity contribution in [2.45, 2.75) is 38.1 Å². The molecule has 1 aromatic carbocycles. The van der Waals surface area contributed by atoms with Gasteiger partial charge in [0.1, 0.15) is 11.6 Å². The van der Waals surface area contributed by atoms with Crippen LogP contribution in [0.4, 0.5) is 10.1 Å². The van der Waals surface area contributed by atoms with Gasteiger partial charge in [0, 0.05) is 17.5 Å². The van der Waals surface area contributed by atoms with Gasteiger partial charge in [0.05, 0.1) is 23.5 Å². The summed E-state index contributed by atoms with van der Waals surface area (Å²) in [5.74, 6) is 0.0351. The maximum atomic E-state index is 13.2. The van der Waals surface area contributed by atoms with E-state index in [9.17, 15) is 9.18 Å². The summed E-state index contributed by atoms with van der Waals surface area (Å²) < 4.78 is 13.2. The van der Waals surface area contributed by atoms with E-state index < -0.39 is 0 Å². The molecule has 5 nitrogen and oxygen atoms in total. The largest absolute Gasteiger partial charge is 0.397 e. The molecular weight excluding hydrogens is 379 g/mol. The molecule has 2 aliphatic heterocycles. The fourth-order valence-electron chi connectivity index (χ4n) is 4.69. The van der Waals surface area contributed by atoms with Gasteiger partial charge in [-0.25, -0.2) is 4.39 Å². The second-order valence-electron chi connectivity index (χ2n) is 8.73. The number of Topliss-reactive ketones (excluding diaryl/α,β-unsaturated/α-hetero) is 1. The summed E-state index contributed by atoms with van der Waals surface area (Å²) in [4.78, 5) is 22.6. The van der Waals surface area contributed by atoms with Crippen LogP contribution in [0.15, 0.2) is 36.4 Å². The molecule has 0 aliphatic carbocycles. The van der Waals surface area contributed by atoms with E-state index in [2.05, 4.69) is 21.8 Å². The maximum absolute atomic E-state index is 13.2. The van der Waals surface area contributed by atoms with Gasteiger partial charge in [-0.15, -0.1) is 0 Å². The minimum atomic E-state index is -0.281. The third-order valence-corrected chi connectivity index (χ3v) is 6.68. The van der Waals surface area contributed by atoms with Crippen molar-refractivity contribution in [2.24, 2.45) is 5.92 Å². The first-order valence-electron chi connectivity index (χ1n) is 11.0. The lowest BCUT2D eigenvalue weighted by atomic mass is 9.88. The number of piperidine rings is 2. The number of anilines is 1. The number of rotatable bonds is 5. The second kappa shape index (κ2) is 9.23. The third kappa shape index (κ3) is 4.87. The lowest BCUT2D eigenvalue weighted by molar-refractivity contribution is -0.123. The van der Waals surface area contributed by atoms with Crippen LogP contribution in [0.5, 0.6) is 0 Å². The minimum absolute atomic E-state index is 0.0863. The van der Waals surface area contributed by atoms with Crippen LogP contribution in [0.3, 0.4) is 0 Å². The van der Waals surface area contributed by atoms with Crippen LogP contribution >= 0.6 is 0 Å². The Kier molecular flexibility index (Phi) is 6.44. The molecule has 0 bridgehead atoms. The molecule has 2 aliphatic rings. The number of pyridine rings is 1. The molecule has 30 heavy (non-hydrogen) atoms. The first-order chi connectivity index (χ1) is 14.5. The monoisotopic (exact) mass is 410 g/mol. The van der Waals surface area contributed by atoms with Gasteiger partial charge in [0.25, 0.3) is 0 Å². The van der Waals surface area contributed by atoms with Gasteiger partial charge < -0.3 is 15.5 Å². The van der Waals surface area contributed by atoms with E-state index in [1.54, 1.807) is 18.2 Å². The Labute approximate surface area is 178 Å². The molecule has 0 radical (unpaired) electrons. The van der Waals surface area contributed by atoms with Gasteiger partial charge >= 0.3 is 0 Å². The van der Waals surface area contributed by atoms with Gasteiger partial charge in [0.2, 0.25) is 0 Å². The molecule has 4 rings (SSSR count). The number of hydrogen-bond acceptors (Lipinski definition) is 5. The number of ketones is 1. The highest BCUT2D eigenvalue weighted by Gasteiger charge is 2.30. The molecule has 6 heteroatoms. The molecule has 2 fully saturated rings. The van der Waals surface area contributed by atoms with Gasteiger partial charge in [-0.3, -0.25) is 9.78 Å². The van der Waals surface area contributed by atoms with Crippen LogP contribution in [0.1, 0.15) is 31.4 Å². The normalized spacial score (nSPS) is 19.8. The first-order valence-corrected chi connectivity index (χ1v) is 11.0. The zero-order chi connectivity index (χ0) is 21.1. The zero-order valence-corrected chi connectivity index (χ0v) is 17.7. The number of nitrogen functional groups attached to an aromatic ring is 1. The number of nitrogens with two attached hydrogens (primary N) is 1. The maximum Gasteiger partial charge on any atom is 0.142 e. The number of aromatic nitrogens is 1. The summed E-state index contributed by atoms with van der Waals surface area (Å²) in [7, 11) is 2.19. The fraction of sp³-hybridized carbons (Fsp3) is 0.500. The van der Waals surface area contributed by atoms with Gasteiger partial charge in [-0.05, 0) is 95.3 Å². The SMILES string of the molecule is CN1CCC(N2CCC(C(=O)Cc3nc(-c4ccc(F)cc4)ccc3N)CC2)CC1. The standard InChI is InChI=1S/C24H31FN4O/c1-28-12-10-20(11-13-28)29-14-8-18(9-15-29)24(30)16-23-21(26)6-7-22(27-23)17-2-4-19(25)5-3-17/h2-7,18,20H,8-16,26H2,1H3. The lowest BCUT2D eigenvalue weighted by Crippen LogP contribution is -2.47. The second-order valence-corrected chi connectivity index (χ2v) is 8.73. The van der Waals surface area contributed by atoms with Crippen LogP contribution < -0.4 is 5.73 Å². The minimum Gasteiger partial charge on any atom is -0.397 e. The van der Waals surface area contributed by atoms with Crippen LogP contribution in [0.2, 0.25) is 0 Å². The predicted octanol–water partition coefficient (Wildman–Crippen LogP) is 3.39. The number of halogens is 1. The number of likely N-dealkylation sites (tertiary alicyclic amines) is 2. The van der Waals surface area contributed by atoms with Gasteiger partial charge in [-0.1, -0.05) is 0 Å². The number of nitrogens with zero attached hydrogens (tertiary/aromatic N) is 3. The smallest absolute Gasteiger partial charge is 0.142 e. The summed E-state index contributed by atoms with van der Waals surface area (Å²) >= 11 is 0. The average Bonchev–Trinajstić information content (AvgIpc) is 2.76. The van der Waals surface area contributed by atoms with Crippen molar-refractivity contribution >= 4 is 11.5 Å². The van der Waals surface area contributed by atoms with Gasteiger partial charge in [0.15, 0.2) is 0 Å². The van der Waals surface area contributed by atoms with Crippen molar-refractivity contribution in [3.05, 3.63) is 47.9 Å². The van der Waals surface area contributed by atoms with E-state index in [0.29, 0.717) is 23.1 Å². The Hall–Kier alpha value is -2.31. The van der Waals surface area contributed by atoms with E-state index in [-0.39, 0.29) is 23.9 Å². The zero-order valence-electron chi connectivity index (χ0n) is 17.7. The molecule has 3 heterocycles. The third-order valence-electron chi connectivity index (χ3n) is 6.68. The summed E-state index contributed by atoms with van der Waals surface area (Å²) in [6.07, 6.45) is 4.56. The molecular formula is C24H31FN4O. The van der Waals surface area contributed by atoms with Crippen molar-refractivity contribution in [3.8, 4) is 11.3 Å². The van der Waals surface area contributed by atoms with Crippen molar-refractivity contribution in [3.63, 3.8) is 0 Å². The Balaban J connectivity index is 1.36. The molecule has 0 saturated carbocycles. The summed E-state index contributed by atoms with van der Waals surface area (Å²) in [5, 5.41) is 0.